The fraction of sp³-hybridized carbons (Fsp3) is 0.235. The minimum atomic E-state index is -0.287. The Morgan fingerprint density at radius 2 is 2.04 bits per heavy atom. The van der Waals surface area contributed by atoms with Crippen LogP contribution in [0.1, 0.15) is 12.5 Å². The highest BCUT2D eigenvalue weighted by molar-refractivity contribution is 7.03. The monoisotopic (exact) mass is 342 g/mol. The molecule has 3 aromatic rings. The van der Waals surface area contributed by atoms with Crippen LogP contribution in [0.15, 0.2) is 42.2 Å². The first kappa shape index (κ1) is 15.0. The van der Waals surface area contributed by atoms with Crippen LogP contribution in [0.5, 0.6) is 0 Å². The lowest BCUT2D eigenvalue weighted by Gasteiger charge is -2.15. The van der Waals surface area contributed by atoms with Gasteiger partial charge in [0.05, 0.1) is 23.9 Å². The highest BCUT2D eigenvalue weighted by Crippen LogP contribution is 2.36. The third-order valence-corrected chi connectivity index (χ3v) is 4.94. The van der Waals surface area contributed by atoms with Gasteiger partial charge in [-0.1, -0.05) is 0 Å². The van der Waals surface area contributed by atoms with Crippen molar-refractivity contribution in [2.45, 2.75) is 12.5 Å². The Balaban J connectivity index is 1.87. The zero-order valence-electron chi connectivity index (χ0n) is 13.0. The molecular formula is C17H15FN4OS. The van der Waals surface area contributed by atoms with Gasteiger partial charge in [0.1, 0.15) is 11.9 Å². The predicted octanol–water partition coefficient (Wildman–Crippen LogP) is 3.22. The Morgan fingerprint density at radius 1 is 1.25 bits per heavy atom. The average molecular weight is 342 g/mol. The number of amides is 1. The summed E-state index contributed by atoms with van der Waals surface area (Å²) in [4.78, 5) is 18.7. The number of hydrogen-bond acceptors (Lipinski definition) is 4. The van der Waals surface area contributed by atoms with Crippen LogP contribution in [0.3, 0.4) is 0 Å². The summed E-state index contributed by atoms with van der Waals surface area (Å²) < 4.78 is 19.3. The first-order valence-electron chi connectivity index (χ1n) is 7.62. The summed E-state index contributed by atoms with van der Waals surface area (Å²) in [6, 6.07) is 5.98. The molecule has 2 aromatic heterocycles. The van der Waals surface area contributed by atoms with Gasteiger partial charge in [0.25, 0.3) is 0 Å². The topological polar surface area (TPSA) is 51.0 Å². The molecule has 0 saturated carbocycles. The summed E-state index contributed by atoms with van der Waals surface area (Å²) in [6.07, 6.45) is 4.22. The summed E-state index contributed by atoms with van der Waals surface area (Å²) in [7, 11) is 1.81. The smallest absolute Gasteiger partial charge is 0.245 e. The van der Waals surface area contributed by atoms with E-state index in [1.807, 2.05) is 17.0 Å². The number of carbonyl (C=O) groups is 1. The number of halogens is 1. The summed E-state index contributed by atoms with van der Waals surface area (Å²) in [5.74, 6) is -0.202. The maximum atomic E-state index is 13.2. The van der Waals surface area contributed by atoms with Crippen LogP contribution in [-0.4, -0.2) is 38.3 Å². The van der Waals surface area contributed by atoms with E-state index in [-0.39, 0.29) is 17.8 Å². The van der Waals surface area contributed by atoms with Crippen molar-refractivity contribution in [3.63, 3.8) is 0 Å². The van der Waals surface area contributed by atoms with Crippen LogP contribution in [0.25, 0.3) is 22.5 Å². The number of likely N-dealkylation sites (N-methyl/N-ethyl adjacent to an activating group) is 1. The van der Waals surface area contributed by atoms with Crippen molar-refractivity contribution >= 4 is 17.4 Å². The fourth-order valence-electron chi connectivity index (χ4n) is 3.09. The van der Waals surface area contributed by atoms with Gasteiger partial charge in [-0.3, -0.25) is 4.79 Å². The molecule has 0 aliphatic carbocycles. The molecule has 5 nitrogen and oxygen atoms in total. The second kappa shape index (κ2) is 5.83. The maximum absolute atomic E-state index is 13.2. The van der Waals surface area contributed by atoms with Crippen LogP contribution in [0.2, 0.25) is 0 Å². The molecule has 4 rings (SSSR count). The van der Waals surface area contributed by atoms with E-state index < -0.39 is 0 Å². The molecule has 1 atom stereocenters. The fourth-order valence-corrected chi connectivity index (χ4v) is 3.61. The SMILES string of the molecule is CN1CCC(n2cnc(-c3ccc(F)cc3)c2-c2cnsc2)C1=O. The lowest BCUT2D eigenvalue weighted by molar-refractivity contribution is -0.129. The second-order valence-electron chi connectivity index (χ2n) is 5.83. The number of likely N-dealkylation sites (tertiary alicyclic amines) is 1. The van der Waals surface area contributed by atoms with E-state index in [1.54, 1.807) is 29.6 Å². The number of rotatable bonds is 3. The minimum absolute atomic E-state index is 0.0856. The van der Waals surface area contributed by atoms with Gasteiger partial charge in [-0.05, 0) is 42.2 Å². The number of benzene rings is 1. The summed E-state index contributed by atoms with van der Waals surface area (Å²) in [6.45, 7) is 0.731. The summed E-state index contributed by atoms with van der Waals surface area (Å²) in [5.41, 5.74) is 3.32. The molecule has 24 heavy (non-hydrogen) atoms. The van der Waals surface area contributed by atoms with E-state index in [0.29, 0.717) is 0 Å². The van der Waals surface area contributed by atoms with Crippen LogP contribution >= 0.6 is 11.5 Å². The average Bonchev–Trinajstić information content (AvgIpc) is 3.29. The number of aromatic nitrogens is 3. The normalized spacial score (nSPS) is 17.7. The standard InChI is InChI=1S/C17H15FN4OS/c1-21-7-6-14(17(21)23)22-10-19-15(11-2-4-13(18)5-3-11)16(22)12-8-20-24-9-12/h2-5,8-10,14H,6-7H2,1H3. The molecule has 1 unspecified atom stereocenters. The van der Waals surface area contributed by atoms with Crippen molar-refractivity contribution in [1.29, 1.82) is 0 Å². The molecule has 122 valence electrons. The second-order valence-corrected chi connectivity index (χ2v) is 6.49. The lowest BCUT2D eigenvalue weighted by Crippen LogP contribution is -2.24. The molecule has 1 saturated heterocycles. The van der Waals surface area contributed by atoms with E-state index in [0.717, 1.165) is 35.5 Å². The van der Waals surface area contributed by atoms with Crippen LogP contribution < -0.4 is 0 Å². The van der Waals surface area contributed by atoms with Gasteiger partial charge >= 0.3 is 0 Å². The Morgan fingerprint density at radius 3 is 2.67 bits per heavy atom. The van der Waals surface area contributed by atoms with E-state index >= 15 is 0 Å². The largest absolute Gasteiger partial charge is 0.344 e. The van der Waals surface area contributed by atoms with Gasteiger partial charge in [-0.25, -0.2) is 13.7 Å². The summed E-state index contributed by atoms with van der Waals surface area (Å²) >= 11 is 1.35. The van der Waals surface area contributed by atoms with Gasteiger partial charge < -0.3 is 9.47 Å². The first-order chi connectivity index (χ1) is 11.6. The molecule has 0 bridgehead atoms. The van der Waals surface area contributed by atoms with Crippen molar-refractivity contribution in [3.05, 3.63) is 48.0 Å². The van der Waals surface area contributed by atoms with Crippen molar-refractivity contribution in [3.8, 4) is 22.5 Å². The molecule has 3 heterocycles. The van der Waals surface area contributed by atoms with Crippen molar-refractivity contribution in [2.24, 2.45) is 0 Å². The van der Waals surface area contributed by atoms with Crippen LogP contribution in [0, 0.1) is 5.82 Å². The molecule has 1 aromatic carbocycles. The number of carbonyl (C=O) groups excluding carboxylic acids is 1. The third-order valence-electron chi connectivity index (χ3n) is 4.35. The highest BCUT2D eigenvalue weighted by atomic mass is 32.1. The Kier molecular flexibility index (Phi) is 3.65. The van der Waals surface area contributed by atoms with Crippen LogP contribution in [-0.2, 0) is 4.79 Å². The molecule has 0 N–H and O–H groups in total. The minimum Gasteiger partial charge on any atom is -0.344 e. The van der Waals surface area contributed by atoms with E-state index in [9.17, 15) is 9.18 Å². The van der Waals surface area contributed by atoms with E-state index in [2.05, 4.69) is 9.36 Å². The number of hydrogen-bond donors (Lipinski definition) is 0. The molecule has 1 amide bonds. The van der Waals surface area contributed by atoms with E-state index in [1.165, 1.54) is 23.7 Å². The van der Waals surface area contributed by atoms with Gasteiger partial charge in [-0.15, -0.1) is 0 Å². The van der Waals surface area contributed by atoms with Crippen molar-refractivity contribution in [1.82, 2.24) is 18.8 Å². The Bertz CT molecular complexity index is 873. The third kappa shape index (κ3) is 2.41. The number of imidazole rings is 1. The molecule has 7 heteroatoms. The van der Waals surface area contributed by atoms with Crippen LogP contribution in [0.4, 0.5) is 4.39 Å². The molecule has 1 aliphatic heterocycles. The Labute approximate surface area is 142 Å². The lowest BCUT2D eigenvalue weighted by atomic mass is 10.1. The highest BCUT2D eigenvalue weighted by Gasteiger charge is 2.33. The Hall–Kier alpha value is -2.54. The zero-order valence-corrected chi connectivity index (χ0v) is 13.8. The van der Waals surface area contributed by atoms with Gasteiger partial charge in [0.2, 0.25) is 5.91 Å². The molecule has 0 spiro atoms. The zero-order chi connectivity index (χ0) is 16.7. The molecule has 0 radical (unpaired) electrons. The summed E-state index contributed by atoms with van der Waals surface area (Å²) in [5, 5.41) is 1.93. The number of nitrogens with zero attached hydrogens (tertiary/aromatic N) is 4. The maximum Gasteiger partial charge on any atom is 0.245 e. The first-order valence-corrected chi connectivity index (χ1v) is 8.46. The van der Waals surface area contributed by atoms with E-state index in [4.69, 9.17) is 0 Å². The van der Waals surface area contributed by atoms with Crippen molar-refractivity contribution < 1.29 is 9.18 Å². The molecule has 1 aliphatic rings. The van der Waals surface area contributed by atoms with Gasteiger partial charge in [-0.2, -0.15) is 0 Å². The van der Waals surface area contributed by atoms with Gasteiger partial charge in [0, 0.05) is 30.1 Å². The quantitative estimate of drug-likeness (QED) is 0.734. The molecule has 1 fully saturated rings. The van der Waals surface area contributed by atoms with Gasteiger partial charge in [0.15, 0.2) is 0 Å². The van der Waals surface area contributed by atoms with Crippen molar-refractivity contribution in [2.75, 3.05) is 13.6 Å². The molecular weight excluding hydrogens is 327 g/mol. The predicted molar refractivity (Wildman–Crippen MR) is 90.0 cm³/mol.